The first kappa shape index (κ1) is 23.4. The van der Waals surface area contributed by atoms with Gasteiger partial charge in [-0.25, -0.2) is 12.8 Å². The number of carbonyl (C=O) groups is 1. The fourth-order valence-electron chi connectivity index (χ4n) is 4.20. The van der Waals surface area contributed by atoms with Crippen LogP contribution in [0.4, 0.5) is 15.8 Å². The van der Waals surface area contributed by atoms with Crippen LogP contribution in [0.1, 0.15) is 26.3 Å². The van der Waals surface area contributed by atoms with Crippen LogP contribution in [-0.2, 0) is 20.2 Å². The van der Waals surface area contributed by atoms with Gasteiger partial charge in [-0.3, -0.25) is 9.10 Å². The largest absolute Gasteiger partial charge is 0.476 e. The zero-order valence-corrected chi connectivity index (χ0v) is 20.2. The van der Waals surface area contributed by atoms with Gasteiger partial charge in [0.1, 0.15) is 11.6 Å². The van der Waals surface area contributed by atoms with Gasteiger partial charge in [0.25, 0.3) is 5.91 Å². The van der Waals surface area contributed by atoms with Gasteiger partial charge >= 0.3 is 0 Å². The molecule has 0 spiro atoms. The first-order chi connectivity index (χ1) is 15.4. The summed E-state index contributed by atoms with van der Waals surface area (Å²) in [4.78, 5) is 17.1. The van der Waals surface area contributed by atoms with E-state index < -0.39 is 16.1 Å². The molecule has 1 saturated heterocycles. The van der Waals surface area contributed by atoms with Gasteiger partial charge in [0, 0.05) is 31.9 Å². The molecule has 1 amide bonds. The average Bonchev–Trinajstić information content (AvgIpc) is 2.77. The molecule has 2 aromatic rings. The Bertz CT molecular complexity index is 1140. The van der Waals surface area contributed by atoms with E-state index in [0.717, 1.165) is 17.5 Å². The molecule has 178 valence electrons. The summed E-state index contributed by atoms with van der Waals surface area (Å²) in [6.07, 6.45) is 0.236. The summed E-state index contributed by atoms with van der Waals surface area (Å²) in [7, 11) is -3.60. The van der Waals surface area contributed by atoms with Gasteiger partial charge < -0.3 is 14.5 Å². The molecule has 33 heavy (non-hydrogen) atoms. The summed E-state index contributed by atoms with van der Waals surface area (Å²) < 4.78 is 45.7. The number of sulfonamides is 1. The van der Waals surface area contributed by atoms with Crippen molar-refractivity contribution in [1.29, 1.82) is 0 Å². The fraction of sp³-hybridized carbons (Fsp3) is 0.458. The van der Waals surface area contributed by atoms with Crippen LogP contribution in [0.5, 0.6) is 5.75 Å². The van der Waals surface area contributed by atoms with Crippen molar-refractivity contribution in [3.8, 4) is 5.75 Å². The third kappa shape index (κ3) is 4.93. The average molecular weight is 476 g/mol. The summed E-state index contributed by atoms with van der Waals surface area (Å²) in [5.74, 6) is -0.122. The van der Waals surface area contributed by atoms with Gasteiger partial charge in [0.15, 0.2) is 6.10 Å². The minimum absolute atomic E-state index is 0.0591. The Hall–Kier alpha value is -2.81. The van der Waals surface area contributed by atoms with Gasteiger partial charge in [-0.2, -0.15) is 0 Å². The first-order valence-corrected chi connectivity index (χ1v) is 12.9. The Kier molecular flexibility index (Phi) is 6.03. The summed E-state index contributed by atoms with van der Waals surface area (Å²) in [6.45, 7) is 8.27. The number of ether oxygens (including phenoxy) is 1. The lowest BCUT2D eigenvalue weighted by Crippen LogP contribution is -2.56. The van der Waals surface area contributed by atoms with E-state index >= 15 is 0 Å². The van der Waals surface area contributed by atoms with Crippen molar-refractivity contribution in [2.45, 2.75) is 32.3 Å². The molecule has 1 fully saturated rings. The second-order valence-corrected chi connectivity index (χ2v) is 11.5. The molecule has 2 aromatic carbocycles. The molecule has 1 atom stereocenters. The van der Waals surface area contributed by atoms with Crippen LogP contribution in [0.15, 0.2) is 42.5 Å². The van der Waals surface area contributed by atoms with E-state index in [2.05, 4.69) is 25.7 Å². The number of amides is 1. The maximum Gasteiger partial charge on any atom is 0.265 e. The number of hydrogen-bond donors (Lipinski definition) is 0. The first-order valence-electron chi connectivity index (χ1n) is 11.0. The number of benzene rings is 2. The highest BCUT2D eigenvalue weighted by Crippen LogP contribution is 2.39. The molecular formula is C24H30FN3O4S. The predicted molar refractivity (Wildman–Crippen MR) is 127 cm³/mol. The van der Waals surface area contributed by atoms with Crippen LogP contribution in [0.25, 0.3) is 0 Å². The number of nitrogens with zero attached hydrogens (tertiary/aromatic N) is 3. The van der Waals surface area contributed by atoms with E-state index in [-0.39, 0.29) is 23.7 Å². The normalized spacial score (nSPS) is 19.2. The Morgan fingerprint density at radius 2 is 1.67 bits per heavy atom. The van der Waals surface area contributed by atoms with Crippen LogP contribution in [-0.4, -0.2) is 64.3 Å². The molecule has 7 nitrogen and oxygen atoms in total. The molecule has 0 bridgehead atoms. The highest BCUT2D eigenvalue weighted by molar-refractivity contribution is 7.92. The molecule has 0 saturated carbocycles. The standard InChI is InChI=1S/C24H30FN3O4S/c1-24(2,3)17-5-10-21-20(15-17)28(33(4,30)31)16-22(32-21)23(29)27-13-11-26(12-14-27)19-8-6-18(25)7-9-19/h5-10,15,22H,11-14,16H2,1-4H3. The zero-order valence-electron chi connectivity index (χ0n) is 19.4. The van der Waals surface area contributed by atoms with Crippen molar-refractivity contribution in [3.05, 3.63) is 53.8 Å². The van der Waals surface area contributed by atoms with Crippen LogP contribution in [0, 0.1) is 5.82 Å². The Labute approximate surface area is 194 Å². The molecule has 2 aliphatic rings. The minimum atomic E-state index is -3.60. The van der Waals surface area contributed by atoms with Crippen molar-refractivity contribution >= 4 is 27.3 Å². The highest BCUT2D eigenvalue weighted by Gasteiger charge is 2.38. The molecule has 1 unspecified atom stereocenters. The van der Waals surface area contributed by atoms with E-state index in [4.69, 9.17) is 4.74 Å². The molecular weight excluding hydrogens is 445 g/mol. The summed E-state index contributed by atoms with van der Waals surface area (Å²) >= 11 is 0. The van der Waals surface area contributed by atoms with Crippen molar-refractivity contribution < 1.29 is 22.3 Å². The summed E-state index contributed by atoms with van der Waals surface area (Å²) in [5.41, 5.74) is 2.20. The van der Waals surface area contributed by atoms with E-state index in [1.54, 1.807) is 23.1 Å². The van der Waals surface area contributed by atoms with Crippen molar-refractivity contribution in [2.75, 3.05) is 48.2 Å². The zero-order chi connectivity index (χ0) is 24.0. The third-order valence-electron chi connectivity index (χ3n) is 6.15. The fourth-order valence-corrected chi connectivity index (χ4v) is 5.11. The summed E-state index contributed by atoms with van der Waals surface area (Å²) in [5, 5.41) is 0. The number of fused-ring (bicyclic) bond motifs is 1. The summed E-state index contributed by atoms with van der Waals surface area (Å²) in [6, 6.07) is 11.8. The van der Waals surface area contributed by atoms with Crippen LogP contribution < -0.4 is 13.9 Å². The number of hydrogen-bond acceptors (Lipinski definition) is 5. The lowest BCUT2D eigenvalue weighted by atomic mass is 9.86. The molecule has 0 radical (unpaired) electrons. The Morgan fingerprint density at radius 3 is 2.24 bits per heavy atom. The molecule has 0 aromatic heterocycles. The van der Waals surface area contributed by atoms with Gasteiger partial charge in [0.2, 0.25) is 10.0 Å². The number of carbonyl (C=O) groups excluding carboxylic acids is 1. The highest BCUT2D eigenvalue weighted by atomic mass is 32.2. The Balaban J connectivity index is 1.51. The van der Waals surface area contributed by atoms with Gasteiger partial charge in [-0.1, -0.05) is 26.8 Å². The van der Waals surface area contributed by atoms with E-state index in [0.29, 0.717) is 37.6 Å². The molecule has 4 rings (SSSR count). The van der Waals surface area contributed by atoms with Gasteiger partial charge in [-0.15, -0.1) is 0 Å². The second kappa shape index (κ2) is 8.52. The molecule has 2 heterocycles. The van der Waals surface area contributed by atoms with E-state index in [1.807, 2.05) is 12.1 Å². The van der Waals surface area contributed by atoms with Crippen LogP contribution >= 0.6 is 0 Å². The second-order valence-electron chi connectivity index (χ2n) is 9.62. The maximum absolute atomic E-state index is 13.3. The maximum atomic E-state index is 13.3. The lowest BCUT2D eigenvalue weighted by molar-refractivity contribution is -0.138. The topological polar surface area (TPSA) is 70.2 Å². The monoisotopic (exact) mass is 475 g/mol. The molecule has 2 aliphatic heterocycles. The number of piperazine rings is 1. The number of anilines is 2. The third-order valence-corrected chi connectivity index (χ3v) is 7.30. The van der Waals surface area contributed by atoms with E-state index in [9.17, 15) is 17.6 Å². The number of halogens is 1. The Morgan fingerprint density at radius 1 is 1.03 bits per heavy atom. The quantitative estimate of drug-likeness (QED) is 0.683. The predicted octanol–water partition coefficient (Wildman–Crippen LogP) is 3.00. The smallest absolute Gasteiger partial charge is 0.265 e. The van der Waals surface area contributed by atoms with Crippen LogP contribution in [0.2, 0.25) is 0 Å². The van der Waals surface area contributed by atoms with Gasteiger partial charge in [-0.05, 0) is 47.4 Å². The lowest BCUT2D eigenvalue weighted by Gasteiger charge is -2.40. The van der Waals surface area contributed by atoms with Crippen molar-refractivity contribution in [1.82, 2.24) is 4.90 Å². The molecule has 9 heteroatoms. The van der Waals surface area contributed by atoms with Crippen LogP contribution in [0.3, 0.4) is 0 Å². The SMILES string of the molecule is CC(C)(C)c1ccc2c(c1)N(S(C)(=O)=O)CC(C(=O)N1CCN(c3ccc(F)cc3)CC1)O2. The van der Waals surface area contributed by atoms with Crippen molar-refractivity contribution in [3.63, 3.8) is 0 Å². The minimum Gasteiger partial charge on any atom is -0.476 e. The van der Waals surface area contributed by atoms with Crippen molar-refractivity contribution in [2.24, 2.45) is 0 Å². The van der Waals surface area contributed by atoms with Gasteiger partial charge in [0.05, 0.1) is 18.5 Å². The molecule has 0 aliphatic carbocycles. The van der Waals surface area contributed by atoms with E-state index in [1.165, 1.54) is 16.4 Å². The molecule has 0 N–H and O–H groups in total. The number of rotatable bonds is 3.